The summed E-state index contributed by atoms with van der Waals surface area (Å²) in [7, 11) is 0. The van der Waals surface area contributed by atoms with Crippen molar-refractivity contribution in [3.05, 3.63) is 107 Å². The van der Waals surface area contributed by atoms with Crippen LogP contribution in [0.4, 0.5) is 0 Å². The molecule has 3 aromatic carbocycles. The van der Waals surface area contributed by atoms with E-state index >= 15 is 9.59 Å². The van der Waals surface area contributed by atoms with Crippen LogP contribution in [0.3, 0.4) is 0 Å². The number of carbonyl (C=O) groups excluding carboxylic acids is 18. The molecule has 0 aliphatic carbocycles. The topological polar surface area (TPSA) is 544 Å². The van der Waals surface area contributed by atoms with Gasteiger partial charge in [0.15, 0.2) is 72.6 Å². The molecule has 40 nitrogen and oxygen atoms in total. The summed E-state index contributed by atoms with van der Waals surface area (Å²) in [5.41, 5.74) is -0.724. The second kappa shape index (κ2) is 42.6. The highest BCUT2D eigenvalue weighted by molar-refractivity contribution is 6.00. The molecule has 2 saturated heterocycles. The van der Waals surface area contributed by atoms with Crippen molar-refractivity contribution in [3.63, 3.8) is 0 Å². The molecule has 5 rings (SSSR count). The van der Waals surface area contributed by atoms with E-state index in [0.29, 0.717) is 0 Å². The van der Waals surface area contributed by atoms with Crippen LogP contribution in [0.5, 0.6) is 0 Å². The van der Waals surface area contributed by atoms with Crippen LogP contribution in [0.15, 0.2) is 84.9 Å². The van der Waals surface area contributed by atoms with E-state index in [1.54, 1.807) is 12.1 Å². The number of nitrogens with one attached hydrogen (secondary N) is 4. The number of hydrogen-bond acceptors (Lipinski definition) is 36. The molecule has 0 bridgehead atoms. The Kier molecular flexibility index (Phi) is 28.9. The Morgan fingerprint density at radius 1 is 0.377 bits per heavy atom. The highest BCUT2D eigenvalue weighted by atomic mass is 16.7. The molecule has 2 aliphatic rings. The molecule has 114 heavy (non-hydrogen) atoms. The fraction of sp³-hybridized carbons (Fsp3) is 0.514. The van der Waals surface area contributed by atoms with Gasteiger partial charge in [-0.05, 0) is 29.3 Å². The van der Waals surface area contributed by atoms with Crippen LogP contribution in [0.1, 0.15) is 142 Å². The Morgan fingerprint density at radius 2 is 0.675 bits per heavy atom. The van der Waals surface area contributed by atoms with Gasteiger partial charge in [0.25, 0.3) is 23.6 Å². The lowest BCUT2D eigenvalue weighted by Crippen LogP contribution is -2.73. The Morgan fingerprint density at radius 3 is 0.991 bits per heavy atom. The highest BCUT2D eigenvalue weighted by Crippen LogP contribution is 2.38. The van der Waals surface area contributed by atoms with Crippen LogP contribution in [0, 0.1) is 0 Å². The van der Waals surface area contributed by atoms with Crippen molar-refractivity contribution in [1.82, 2.24) is 21.3 Å². The molecule has 0 aromatic heterocycles. The van der Waals surface area contributed by atoms with E-state index in [1.807, 2.05) is 0 Å². The number of carbonyl (C=O) groups is 18. The zero-order chi connectivity index (χ0) is 92.3. The summed E-state index contributed by atoms with van der Waals surface area (Å²) in [5, 5.41) is 35.7. The summed E-state index contributed by atoms with van der Waals surface area (Å²) >= 11 is 0. The summed E-state index contributed by atoms with van der Waals surface area (Å²) in [6, 6.07) is 14.6. The molecule has 2 heterocycles. The average molecular weight is 1620 g/mol. The van der Waals surface area contributed by atoms with Gasteiger partial charge in [-0.2, -0.15) is 0 Å². The first kappa shape index (κ1) is 77.3. The Bertz CT molecular complexity index is 4000. The second-order valence-corrected chi connectivity index (χ2v) is 24.7. The Hall–Kier alpha value is -12.0. The number of esters is 14. The van der Waals surface area contributed by atoms with Gasteiger partial charge < -0.3 is 107 Å². The molecule has 0 spiro atoms. The molecule has 3 aromatic rings. The van der Waals surface area contributed by atoms with Gasteiger partial charge in [-0.3, -0.25) is 86.3 Å². The van der Waals surface area contributed by atoms with Gasteiger partial charge >= 0.3 is 83.6 Å². The zero-order valence-electron chi connectivity index (χ0n) is 71.4. The average Bonchev–Trinajstić information content (AvgIpc) is 0.754. The minimum atomic E-state index is -2.98. The molecule has 6 N–H and O–H groups in total. The molecule has 0 saturated carbocycles. The van der Waals surface area contributed by atoms with Gasteiger partial charge in [0.05, 0.1) is 0 Å². The molecule has 2 aliphatic heterocycles. The first-order valence-corrected chi connectivity index (χ1v) is 33.4. The van der Waals surface area contributed by atoms with Crippen LogP contribution < -0.4 is 21.3 Å². The van der Waals surface area contributed by atoms with Crippen molar-refractivity contribution in [2.75, 3.05) is 26.3 Å². The van der Waals surface area contributed by atoms with Gasteiger partial charge in [0.2, 0.25) is 12.2 Å². The first-order valence-electron chi connectivity index (χ1n) is 40.5. The summed E-state index contributed by atoms with van der Waals surface area (Å²) in [4.78, 5) is 242. The van der Waals surface area contributed by atoms with Crippen molar-refractivity contribution in [1.29, 1.82) is 0 Å². The lowest BCUT2D eigenvalue weighted by molar-refractivity contribution is -0.314. The monoisotopic (exact) mass is 1620 g/mol. The number of ether oxygens (including phenoxy) is 16. The maximum Gasteiger partial charge on any atom is 0.303 e. The molecular formula is C74H90N4O36. The third-order valence-electron chi connectivity index (χ3n) is 15.9. The molecule has 2 fully saturated rings. The van der Waals surface area contributed by atoms with Crippen LogP contribution in [-0.2, 0) is 165 Å². The van der Waals surface area contributed by atoms with E-state index in [2.05, 4.69) is 21.3 Å². The molecule has 0 radical (unpaired) electrons. The predicted molar refractivity (Wildman–Crippen MR) is 375 cm³/mol. The van der Waals surface area contributed by atoms with Gasteiger partial charge in [-0.15, -0.1) is 0 Å². The van der Waals surface area contributed by atoms with Crippen molar-refractivity contribution in [2.24, 2.45) is 0 Å². The number of rotatable bonds is 36. The zero-order valence-corrected chi connectivity index (χ0v) is 61.4. The second-order valence-electron chi connectivity index (χ2n) is 24.7. The van der Waals surface area contributed by atoms with Crippen molar-refractivity contribution >= 4 is 107 Å². The normalized spacial score (nSPS) is 23.4. The van der Waals surface area contributed by atoms with E-state index in [-0.39, 0.29) is 11.1 Å². The third-order valence-corrected chi connectivity index (χ3v) is 15.9. The number of amides is 4. The minimum absolute atomic E-state index is 0.173. The molecule has 4 amide bonds. The Balaban J connectivity index is 1.64. The van der Waals surface area contributed by atoms with Crippen molar-refractivity contribution in [2.45, 2.75) is 219 Å². The van der Waals surface area contributed by atoms with Crippen molar-refractivity contribution in [3.8, 4) is 0 Å². The van der Waals surface area contributed by atoms with E-state index in [4.69, 9.17) is 89.5 Å². The van der Waals surface area contributed by atoms with Crippen LogP contribution >= 0.6 is 0 Å². The van der Waals surface area contributed by atoms with Gasteiger partial charge in [0.1, 0.15) is 37.5 Å². The maximum absolute atomic E-state index is 15.1. The van der Waals surface area contributed by atoms with Crippen LogP contribution in [0.25, 0.3) is 0 Å². The number of aliphatic hydroxyl groups is 2. The van der Waals surface area contributed by atoms with E-state index in [0.717, 1.165) is 52.0 Å². The van der Waals surface area contributed by atoms with Gasteiger partial charge in [-0.25, -0.2) is 0 Å². The third kappa shape index (κ3) is 28.3. The minimum Gasteiger partial charge on any atom is -0.462 e. The van der Waals surface area contributed by atoms with Gasteiger partial charge in [0, 0.05) is 147 Å². The van der Waals surface area contributed by atoms with Crippen LogP contribution in [-0.4, -0.2) is 253 Å². The molecule has 0 unspecified atom stereocenters. The quantitative estimate of drug-likeness (QED) is 0.0303. The largest absolute Gasteiger partial charge is 0.462 e. The lowest BCUT2D eigenvalue weighted by atomic mass is 9.85. The van der Waals surface area contributed by atoms with E-state index < -0.39 is 336 Å². The van der Waals surface area contributed by atoms with Crippen molar-refractivity contribution < 1.29 is 186 Å². The summed E-state index contributed by atoms with van der Waals surface area (Å²) in [5.74, 6) is -31.9. The van der Waals surface area contributed by atoms with Crippen LogP contribution in [0.2, 0.25) is 0 Å². The van der Waals surface area contributed by atoms with E-state index in [9.17, 15) is 86.9 Å². The maximum atomic E-state index is 15.1. The smallest absolute Gasteiger partial charge is 0.303 e. The van der Waals surface area contributed by atoms with Gasteiger partial charge in [-0.1, -0.05) is 66.7 Å². The summed E-state index contributed by atoms with van der Waals surface area (Å²) in [6.07, 6.45) is -34.6. The fourth-order valence-corrected chi connectivity index (χ4v) is 11.9. The number of hydrogen-bond donors (Lipinski definition) is 6. The summed E-state index contributed by atoms with van der Waals surface area (Å²) < 4.78 is 164. The molecular weight excluding hydrogens is 1520 g/mol. The van der Waals surface area contributed by atoms with E-state index in [1.165, 1.54) is 48.5 Å². The number of benzene rings is 3. The lowest BCUT2D eigenvalue weighted by Gasteiger charge is -2.50. The standard InChI is InChI=1S/C74H90N4O36/c1-35(79)99-33-55(101-37(3)81)59(105-41(7)85)61(107-43(9)87)65(111-47(13)91)71(95)75-31-53-57(103-39(5)83)63(109-45(11)89)67(73(97,113-53)29-49-22-17-15-18-23-49)77-69(93)51-26-21-27-52(28-51)70(94)78-68-64(110-46(12)90)58(104-40(6)84)54(114-74(68,98)30-50-24-19-16-20-25-50)32-76-72(96)66(112-48(14)92)62(108-44(10)88)60(106-42(8)86)56(102-38(4)82)34-100-36(2)80/h15-28,53-68,97-98H,29-34H2,1-14H3,(H,75,95)(H,76,96)(H,77,93)(H,78,94)/t53-,54-,55-,56-,57-,58-,59+,60+,61-,62-,63+,64+,65-,66-,67-,68-,73+,74+/m1/s1/i1D,2D,3D,4D,7D,8D,9D,10D,13D,14D. The molecule has 40 heteroatoms. The predicted octanol–water partition coefficient (Wildman–Crippen LogP) is -0.917. The SMILES string of the molecule is [2H]CC(=O)OC[C@@H](OC(=O)C[2H])[C@H](OC(=O)C[2H])[C@@H](OC(=O)C[2H])[C@@H](OC(=O)C[2H])C(=O)NC[C@H]1O[C@@](O)(Cc2ccccc2)[C@H](NC(=O)c2cccc(C(=O)N[C@@H]3[C@@H](OC(C)=O)[C@H](OC(C)=O)[C@@H](CNC(=O)[C@H](OC(=O)C[2H])[C@H](OC(=O)C[2H])[C@@H](OC(=O)C[2H])[C@@H](COC(=O)C[2H])OC(=O)C[2H])O[C@@]3(O)Cc3ccccc3)c2)[C@@H](OC(C)=O)[C@@H]1OC(C)=O. The fourth-order valence-electron chi connectivity index (χ4n) is 11.9. The highest BCUT2D eigenvalue weighted by Gasteiger charge is 2.61. The first-order chi connectivity index (χ1) is 58.8. The Labute approximate surface area is 665 Å². The summed E-state index contributed by atoms with van der Waals surface area (Å²) in [6.45, 7) is -13.8. The molecule has 622 valence electrons. The molecule has 18 atom stereocenters.